The van der Waals surface area contributed by atoms with E-state index < -0.39 is 16.8 Å². The minimum absolute atomic E-state index is 0.0323. The van der Waals surface area contributed by atoms with Crippen molar-refractivity contribution in [2.24, 2.45) is 0 Å². The summed E-state index contributed by atoms with van der Waals surface area (Å²) in [6.07, 6.45) is 0. The zero-order valence-corrected chi connectivity index (χ0v) is 12.3. The van der Waals surface area contributed by atoms with Gasteiger partial charge >= 0.3 is 16.9 Å². The number of halogens is 1. The third kappa shape index (κ3) is 2.96. The van der Waals surface area contributed by atoms with E-state index in [2.05, 4.69) is 10.1 Å². The molecule has 2 aromatic rings. The van der Waals surface area contributed by atoms with E-state index in [0.29, 0.717) is 15.1 Å². The average Bonchev–Trinajstić information content (AvgIpc) is 2.79. The number of thiophene rings is 1. The zero-order valence-electron chi connectivity index (χ0n) is 10.7. The summed E-state index contributed by atoms with van der Waals surface area (Å²) in [6.45, 7) is 1.58. The summed E-state index contributed by atoms with van der Waals surface area (Å²) >= 11 is 6.81. The molecule has 0 radical (unpaired) electrons. The fourth-order valence-corrected chi connectivity index (χ4v) is 2.95. The average molecular weight is 329 g/mol. The Morgan fingerprint density at radius 2 is 2.19 bits per heavy atom. The molecule has 0 aliphatic rings. The number of nitrogens with zero attached hydrogens (tertiary/aromatic N) is 1. The van der Waals surface area contributed by atoms with E-state index in [9.17, 15) is 19.7 Å². The summed E-state index contributed by atoms with van der Waals surface area (Å²) in [4.78, 5) is 33.4. The Bertz CT molecular complexity index is 743. The van der Waals surface area contributed by atoms with Crippen LogP contribution in [0, 0.1) is 10.1 Å². The normalized spacial score (nSPS) is 10.4. The second-order valence-corrected chi connectivity index (χ2v) is 5.24. The van der Waals surface area contributed by atoms with Crippen LogP contribution in [-0.2, 0) is 14.3 Å². The molecule has 0 atom stereocenters. The predicted molar refractivity (Wildman–Crippen MR) is 78.8 cm³/mol. The van der Waals surface area contributed by atoms with Gasteiger partial charge in [-0.1, -0.05) is 35.1 Å². The highest BCUT2D eigenvalue weighted by Crippen LogP contribution is 2.44. The molecule has 0 unspecified atom stereocenters. The van der Waals surface area contributed by atoms with Crippen LogP contribution < -0.4 is 5.32 Å². The van der Waals surface area contributed by atoms with Crippen molar-refractivity contribution < 1.29 is 19.2 Å². The Kier molecular flexibility index (Phi) is 4.39. The predicted octanol–water partition coefficient (Wildman–Crippen LogP) is 2.96. The van der Waals surface area contributed by atoms with Crippen molar-refractivity contribution in [3.05, 3.63) is 33.3 Å². The number of nitrogens with one attached hydrogen (secondary N) is 1. The molecule has 110 valence electrons. The van der Waals surface area contributed by atoms with E-state index in [1.165, 1.54) is 0 Å². The van der Waals surface area contributed by atoms with Crippen LogP contribution in [0.25, 0.3) is 10.1 Å². The third-order valence-corrected chi connectivity index (χ3v) is 4.13. The van der Waals surface area contributed by atoms with Crippen LogP contribution in [-0.4, -0.2) is 23.4 Å². The van der Waals surface area contributed by atoms with E-state index in [4.69, 9.17) is 11.6 Å². The Balaban J connectivity index is 2.49. The molecule has 1 heterocycles. The standard InChI is InChI=1S/C12H9ClN2O5S/c1-2-20-12(17)10(16)14-8-6-4-3-5-7(13)9(6)21-11(8)15(18)19/h3-5H,2H2,1H3,(H,14,16). The number of anilines is 1. The van der Waals surface area contributed by atoms with Gasteiger partial charge in [0.2, 0.25) is 0 Å². The molecule has 21 heavy (non-hydrogen) atoms. The van der Waals surface area contributed by atoms with Crippen LogP contribution in [0.1, 0.15) is 6.92 Å². The molecule has 2 rings (SSSR count). The summed E-state index contributed by atoms with van der Waals surface area (Å²) in [5.74, 6) is -2.17. The number of hydrogen-bond donors (Lipinski definition) is 1. The molecule has 1 amide bonds. The SMILES string of the molecule is CCOC(=O)C(=O)Nc1c([N+](=O)[O-])sc2c(Cl)cccc12. The molecule has 0 saturated heterocycles. The summed E-state index contributed by atoms with van der Waals surface area (Å²) in [6, 6.07) is 4.76. The highest BCUT2D eigenvalue weighted by molar-refractivity contribution is 7.23. The molecule has 1 aromatic heterocycles. The molecule has 9 heteroatoms. The Hall–Kier alpha value is -2.19. The number of ether oxygens (including phenoxy) is 1. The minimum Gasteiger partial charge on any atom is -0.459 e. The van der Waals surface area contributed by atoms with Gasteiger partial charge in [-0.3, -0.25) is 14.9 Å². The first kappa shape index (κ1) is 15.2. The fraction of sp³-hybridized carbons (Fsp3) is 0.167. The lowest BCUT2D eigenvalue weighted by molar-refractivity contribution is -0.379. The molecule has 0 aliphatic heterocycles. The molecule has 0 aliphatic carbocycles. The Morgan fingerprint density at radius 3 is 2.81 bits per heavy atom. The van der Waals surface area contributed by atoms with Gasteiger partial charge in [0.1, 0.15) is 5.69 Å². The van der Waals surface area contributed by atoms with Gasteiger partial charge in [0.05, 0.1) is 21.3 Å². The van der Waals surface area contributed by atoms with Gasteiger partial charge in [-0.05, 0) is 13.0 Å². The van der Waals surface area contributed by atoms with Crippen LogP contribution in [0.3, 0.4) is 0 Å². The molecule has 1 aromatic carbocycles. The maximum absolute atomic E-state index is 11.7. The van der Waals surface area contributed by atoms with Crippen molar-refractivity contribution in [3.63, 3.8) is 0 Å². The lowest BCUT2D eigenvalue weighted by Gasteiger charge is -2.03. The second kappa shape index (κ2) is 6.06. The van der Waals surface area contributed by atoms with Gasteiger partial charge in [0.25, 0.3) is 0 Å². The molecular formula is C12H9ClN2O5S. The second-order valence-electron chi connectivity index (χ2n) is 3.83. The van der Waals surface area contributed by atoms with E-state index in [1.807, 2.05) is 0 Å². The smallest absolute Gasteiger partial charge is 0.397 e. The maximum Gasteiger partial charge on any atom is 0.397 e. The van der Waals surface area contributed by atoms with Gasteiger partial charge in [0, 0.05) is 5.39 Å². The first-order chi connectivity index (χ1) is 9.95. The first-order valence-electron chi connectivity index (χ1n) is 5.79. The lowest BCUT2D eigenvalue weighted by atomic mass is 10.2. The van der Waals surface area contributed by atoms with Crippen molar-refractivity contribution >= 4 is 55.6 Å². The number of nitro groups is 1. The van der Waals surface area contributed by atoms with Gasteiger partial charge in [-0.15, -0.1) is 0 Å². The van der Waals surface area contributed by atoms with E-state index >= 15 is 0 Å². The summed E-state index contributed by atoms with van der Waals surface area (Å²) < 4.78 is 5.01. The fourth-order valence-electron chi connectivity index (χ4n) is 1.68. The molecule has 0 fully saturated rings. The lowest BCUT2D eigenvalue weighted by Crippen LogP contribution is -2.25. The molecule has 1 N–H and O–H groups in total. The minimum atomic E-state index is -1.10. The maximum atomic E-state index is 11.7. The molecule has 0 bridgehead atoms. The van der Waals surface area contributed by atoms with E-state index in [0.717, 1.165) is 11.3 Å². The van der Waals surface area contributed by atoms with Gasteiger partial charge in [-0.25, -0.2) is 4.79 Å². The van der Waals surface area contributed by atoms with Crippen molar-refractivity contribution in [2.45, 2.75) is 6.92 Å². The van der Waals surface area contributed by atoms with Crippen molar-refractivity contribution in [2.75, 3.05) is 11.9 Å². The number of carbonyl (C=O) groups is 2. The van der Waals surface area contributed by atoms with Gasteiger partial charge in [0.15, 0.2) is 0 Å². The van der Waals surface area contributed by atoms with Gasteiger partial charge in [-0.2, -0.15) is 0 Å². The van der Waals surface area contributed by atoms with Crippen molar-refractivity contribution in [1.82, 2.24) is 0 Å². The van der Waals surface area contributed by atoms with Crippen LogP contribution in [0.4, 0.5) is 10.7 Å². The summed E-state index contributed by atoms with van der Waals surface area (Å²) in [5.41, 5.74) is -0.0550. The molecule has 0 spiro atoms. The van der Waals surface area contributed by atoms with Crippen LogP contribution in [0.2, 0.25) is 5.02 Å². The van der Waals surface area contributed by atoms with Crippen molar-refractivity contribution in [1.29, 1.82) is 0 Å². The van der Waals surface area contributed by atoms with E-state index in [1.54, 1.807) is 25.1 Å². The highest BCUT2D eigenvalue weighted by Gasteiger charge is 2.26. The number of esters is 1. The zero-order chi connectivity index (χ0) is 15.6. The third-order valence-electron chi connectivity index (χ3n) is 2.51. The number of benzene rings is 1. The summed E-state index contributed by atoms with van der Waals surface area (Å²) in [7, 11) is 0. The van der Waals surface area contributed by atoms with Crippen LogP contribution in [0.15, 0.2) is 18.2 Å². The molecule has 0 saturated carbocycles. The van der Waals surface area contributed by atoms with Crippen LogP contribution >= 0.6 is 22.9 Å². The number of carbonyl (C=O) groups excluding carboxylic acids is 2. The number of hydrogen-bond acceptors (Lipinski definition) is 6. The number of rotatable bonds is 3. The van der Waals surface area contributed by atoms with Crippen molar-refractivity contribution in [3.8, 4) is 0 Å². The Labute approximate surface area is 127 Å². The summed E-state index contributed by atoms with van der Waals surface area (Å²) in [5, 5.41) is 13.7. The Morgan fingerprint density at radius 1 is 1.48 bits per heavy atom. The highest BCUT2D eigenvalue weighted by atomic mass is 35.5. The van der Waals surface area contributed by atoms with Crippen LogP contribution in [0.5, 0.6) is 0 Å². The molecular weight excluding hydrogens is 320 g/mol. The first-order valence-corrected chi connectivity index (χ1v) is 6.98. The van der Waals surface area contributed by atoms with E-state index in [-0.39, 0.29) is 17.3 Å². The number of fused-ring (bicyclic) bond motifs is 1. The number of amides is 1. The van der Waals surface area contributed by atoms with Gasteiger partial charge < -0.3 is 10.1 Å². The largest absolute Gasteiger partial charge is 0.459 e. The monoisotopic (exact) mass is 328 g/mol. The molecule has 7 nitrogen and oxygen atoms in total. The quantitative estimate of drug-likeness (QED) is 0.404. The topological polar surface area (TPSA) is 98.5 Å².